The maximum Gasteiger partial charge on any atom is 0.573 e. The first kappa shape index (κ1) is 25.5. The molecular weight excluding hydrogens is 517 g/mol. The van der Waals surface area contributed by atoms with Gasteiger partial charge in [0.2, 0.25) is 5.91 Å². The first-order valence-electron chi connectivity index (χ1n) is 11.4. The lowest BCUT2D eigenvalue weighted by Gasteiger charge is -2.14. The van der Waals surface area contributed by atoms with Crippen LogP contribution in [0, 0.1) is 13.8 Å². The lowest BCUT2D eigenvalue weighted by atomic mass is 10.00. The Labute approximate surface area is 218 Å². The summed E-state index contributed by atoms with van der Waals surface area (Å²) in [5, 5.41) is 13.8. The molecule has 0 atom stereocenters. The number of alkyl halides is 3. The van der Waals surface area contributed by atoms with Crippen LogP contribution in [0.1, 0.15) is 32.2 Å². The van der Waals surface area contributed by atoms with Gasteiger partial charge in [-0.3, -0.25) is 4.79 Å². The number of ether oxygens (including phenoxy) is 1. The van der Waals surface area contributed by atoms with Gasteiger partial charge in [-0.05, 0) is 62.4 Å². The van der Waals surface area contributed by atoms with Crippen LogP contribution in [0.3, 0.4) is 0 Å². The van der Waals surface area contributed by atoms with Crippen LogP contribution in [0.25, 0.3) is 39.0 Å². The van der Waals surface area contributed by atoms with Crippen molar-refractivity contribution in [1.82, 2.24) is 14.7 Å². The number of benzene rings is 2. The van der Waals surface area contributed by atoms with Gasteiger partial charge >= 0.3 is 12.3 Å². The number of pyridine rings is 1. The summed E-state index contributed by atoms with van der Waals surface area (Å²) in [7, 11) is 0. The number of carbonyl (C=O) groups is 2. The minimum Gasteiger partial charge on any atom is -0.478 e. The summed E-state index contributed by atoms with van der Waals surface area (Å²) in [4.78, 5) is 27.6. The van der Waals surface area contributed by atoms with Crippen molar-refractivity contribution >= 4 is 22.9 Å². The lowest BCUT2D eigenvalue weighted by molar-refractivity contribution is -0.274. The van der Waals surface area contributed by atoms with E-state index in [0.717, 1.165) is 6.07 Å². The van der Waals surface area contributed by atoms with E-state index in [9.17, 15) is 27.9 Å². The van der Waals surface area contributed by atoms with Crippen LogP contribution < -0.4 is 10.5 Å². The summed E-state index contributed by atoms with van der Waals surface area (Å²) < 4.78 is 51.2. The fourth-order valence-electron chi connectivity index (χ4n) is 4.42. The maximum atomic E-state index is 13.4. The first-order chi connectivity index (χ1) is 18.4. The summed E-state index contributed by atoms with van der Waals surface area (Å²) in [6.07, 6.45) is -1.92. The van der Waals surface area contributed by atoms with Crippen LogP contribution >= 0.6 is 0 Å². The normalized spacial score (nSPS) is 11.6. The summed E-state index contributed by atoms with van der Waals surface area (Å²) in [6.45, 7) is 3.48. The van der Waals surface area contributed by atoms with Crippen LogP contribution in [-0.2, 0) is 0 Å². The quantitative estimate of drug-likeness (QED) is 0.286. The number of nitrogens with two attached hydrogens (primary N) is 1. The molecule has 0 aliphatic heterocycles. The SMILES string of the molecule is Cc1noc(C)c1-c1cnc2c(c1)c(-c1ccc(C(=O)O)cc1OC(F)(F)F)cn2-c1ccc(C(N)=O)cc1. The van der Waals surface area contributed by atoms with Crippen molar-refractivity contribution < 1.29 is 37.1 Å². The molecule has 1 amide bonds. The zero-order valence-corrected chi connectivity index (χ0v) is 20.4. The molecule has 0 saturated heterocycles. The predicted molar refractivity (Wildman–Crippen MR) is 134 cm³/mol. The molecule has 0 fully saturated rings. The number of aryl methyl sites for hydroxylation is 2. The monoisotopic (exact) mass is 536 g/mol. The van der Waals surface area contributed by atoms with Gasteiger partial charge in [0.15, 0.2) is 0 Å². The molecule has 3 aromatic heterocycles. The second kappa shape index (κ2) is 9.31. The molecule has 9 nitrogen and oxygen atoms in total. The molecular formula is C27H19F3N4O5. The maximum absolute atomic E-state index is 13.4. The second-order valence-electron chi connectivity index (χ2n) is 8.68. The van der Waals surface area contributed by atoms with E-state index in [1.807, 2.05) is 0 Å². The number of aromatic nitrogens is 3. The third kappa shape index (κ3) is 4.79. The lowest BCUT2D eigenvalue weighted by Crippen LogP contribution is -2.18. The van der Waals surface area contributed by atoms with E-state index in [1.165, 1.54) is 24.3 Å². The summed E-state index contributed by atoms with van der Waals surface area (Å²) in [5.41, 5.74) is 8.35. The Morgan fingerprint density at radius 3 is 2.31 bits per heavy atom. The van der Waals surface area contributed by atoms with E-state index in [2.05, 4.69) is 14.9 Å². The average molecular weight is 536 g/mol. The molecule has 0 aliphatic carbocycles. The van der Waals surface area contributed by atoms with E-state index in [1.54, 1.807) is 49.0 Å². The number of carbonyl (C=O) groups excluding carboxylic acids is 1. The molecule has 0 aliphatic rings. The van der Waals surface area contributed by atoms with Crippen molar-refractivity contribution in [3.05, 3.63) is 83.5 Å². The average Bonchev–Trinajstić information content (AvgIpc) is 3.42. The van der Waals surface area contributed by atoms with Gasteiger partial charge in [-0.2, -0.15) is 0 Å². The van der Waals surface area contributed by atoms with Gasteiger partial charge < -0.3 is 24.7 Å². The van der Waals surface area contributed by atoms with Gasteiger partial charge in [0, 0.05) is 51.3 Å². The number of carboxylic acid groups (broad SMARTS) is 1. The number of primary amides is 1. The van der Waals surface area contributed by atoms with E-state index >= 15 is 0 Å². The second-order valence-corrected chi connectivity index (χ2v) is 8.68. The van der Waals surface area contributed by atoms with Crippen LogP contribution in [0.15, 0.2) is 65.4 Å². The Hall–Kier alpha value is -5.13. The number of aromatic carboxylic acids is 1. The minimum atomic E-state index is -5.07. The third-order valence-electron chi connectivity index (χ3n) is 6.14. The van der Waals surface area contributed by atoms with Gasteiger partial charge in [-0.25, -0.2) is 9.78 Å². The number of nitrogens with zero attached hydrogens (tertiary/aromatic N) is 3. The number of hydrogen-bond acceptors (Lipinski definition) is 6. The predicted octanol–water partition coefficient (Wildman–Crippen LogP) is 5.66. The molecule has 5 rings (SSSR count). The third-order valence-corrected chi connectivity index (χ3v) is 6.14. The Balaban J connectivity index is 1.79. The molecule has 0 saturated carbocycles. The van der Waals surface area contributed by atoms with Crippen molar-refractivity contribution in [2.75, 3.05) is 0 Å². The smallest absolute Gasteiger partial charge is 0.478 e. The fraction of sp³-hybridized carbons (Fsp3) is 0.111. The number of carboxylic acids is 1. The molecule has 5 aromatic rings. The molecule has 0 bridgehead atoms. The summed E-state index contributed by atoms with van der Waals surface area (Å²) in [5.74, 6) is -2.18. The van der Waals surface area contributed by atoms with E-state index in [-0.39, 0.29) is 16.7 Å². The minimum absolute atomic E-state index is 0.00690. The van der Waals surface area contributed by atoms with Gasteiger partial charge in [-0.1, -0.05) is 5.16 Å². The zero-order chi connectivity index (χ0) is 28.1. The van der Waals surface area contributed by atoms with E-state index in [0.29, 0.717) is 44.9 Å². The number of fused-ring (bicyclic) bond motifs is 1. The molecule has 0 unspecified atom stereocenters. The fourth-order valence-corrected chi connectivity index (χ4v) is 4.42. The van der Waals surface area contributed by atoms with Gasteiger partial charge in [-0.15, -0.1) is 13.2 Å². The molecule has 3 N–H and O–H groups in total. The van der Waals surface area contributed by atoms with Gasteiger partial charge in [0.05, 0.1) is 11.3 Å². The standard InChI is InChI=1S/C27H19F3N4O5/c1-13-23(14(2)39-33-13)17-9-20-21(19-8-5-16(26(36)37)10-22(19)38-27(28,29)30)12-34(25(20)32-11-17)18-6-3-15(4-7-18)24(31)35/h3-12H,1-2H3,(H2,31,35)(H,36,37). The molecule has 39 heavy (non-hydrogen) atoms. The molecule has 12 heteroatoms. The van der Waals surface area contributed by atoms with Crippen molar-refractivity contribution in [3.63, 3.8) is 0 Å². The highest BCUT2D eigenvalue weighted by atomic mass is 19.4. The van der Waals surface area contributed by atoms with Crippen LogP contribution in [0.5, 0.6) is 5.75 Å². The first-order valence-corrected chi connectivity index (χ1v) is 11.4. The largest absolute Gasteiger partial charge is 0.573 e. The van der Waals surface area contributed by atoms with Crippen molar-refractivity contribution in [3.8, 4) is 33.7 Å². The molecule has 198 valence electrons. The number of hydrogen-bond donors (Lipinski definition) is 2. The molecule has 3 heterocycles. The summed E-state index contributed by atoms with van der Waals surface area (Å²) >= 11 is 0. The topological polar surface area (TPSA) is 133 Å². The van der Waals surface area contributed by atoms with Crippen molar-refractivity contribution in [2.24, 2.45) is 5.73 Å². The van der Waals surface area contributed by atoms with Crippen LogP contribution in [-0.4, -0.2) is 38.1 Å². The van der Waals surface area contributed by atoms with Crippen molar-refractivity contribution in [1.29, 1.82) is 0 Å². The Morgan fingerprint density at radius 2 is 1.72 bits per heavy atom. The zero-order valence-electron chi connectivity index (χ0n) is 20.4. The van der Waals surface area contributed by atoms with Gasteiger partial charge in [0.1, 0.15) is 17.2 Å². The Morgan fingerprint density at radius 1 is 1.03 bits per heavy atom. The number of rotatable bonds is 6. The summed E-state index contributed by atoms with van der Waals surface area (Å²) in [6, 6.07) is 11.3. The van der Waals surface area contributed by atoms with E-state index < -0.39 is 24.0 Å². The Kier molecular flexibility index (Phi) is 6.09. The van der Waals surface area contributed by atoms with Gasteiger partial charge in [0.25, 0.3) is 0 Å². The van der Waals surface area contributed by atoms with Crippen LogP contribution in [0.4, 0.5) is 13.2 Å². The van der Waals surface area contributed by atoms with E-state index in [4.69, 9.17) is 10.3 Å². The van der Waals surface area contributed by atoms with Crippen LogP contribution in [0.2, 0.25) is 0 Å². The number of amides is 1. The highest BCUT2D eigenvalue weighted by Gasteiger charge is 2.33. The highest BCUT2D eigenvalue weighted by molar-refractivity contribution is 6.00. The number of halogens is 3. The highest BCUT2D eigenvalue weighted by Crippen LogP contribution is 2.41. The van der Waals surface area contributed by atoms with Crippen molar-refractivity contribution in [2.45, 2.75) is 20.2 Å². The Bertz CT molecular complexity index is 1730. The molecule has 2 aromatic carbocycles. The molecule has 0 radical (unpaired) electrons. The molecule has 0 spiro atoms.